The Morgan fingerprint density at radius 1 is 1.07 bits per heavy atom. The van der Waals surface area contributed by atoms with Crippen LogP contribution in [0.5, 0.6) is 0 Å². The van der Waals surface area contributed by atoms with E-state index >= 15 is 0 Å². The Bertz CT molecular complexity index is 708. The number of hydrogen-bond acceptors (Lipinski definition) is 3. The Morgan fingerprint density at radius 3 is 2.52 bits per heavy atom. The van der Waals surface area contributed by atoms with E-state index in [0.717, 1.165) is 38.8 Å². The molecule has 1 aliphatic carbocycles. The SMILES string of the molecule is Cl.O=C(c1cccc(F)c1)N1CCCN(C(=O)C2CC23CCNCC3)CC1. The molecule has 0 aromatic heterocycles. The molecule has 148 valence electrons. The smallest absolute Gasteiger partial charge is 0.254 e. The lowest BCUT2D eigenvalue weighted by molar-refractivity contribution is -0.133. The molecule has 2 heterocycles. The Kier molecular flexibility index (Phi) is 6.06. The summed E-state index contributed by atoms with van der Waals surface area (Å²) in [5.41, 5.74) is 0.617. The van der Waals surface area contributed by atoms with Gasteiger partial charge in [-0.1, -0.05) is 6.07 Å². The second-order valence-corrected chi connectivity index (χ2v) is 7.85. The lowest BCUT2D eigenvalue weighted by atomic mass is 9.91. The number of rotatable bonds is 2. The predicted molar refractivity (Wildman–Crippen MR) is 103 cm³/mol. The number of amides is 2. The summed E-state index contributed by atoms with van der Waals surface area (Å²) in [7, 11) is 0. The van der Waals surface area contributed by atoms with Crippen molar-refractivity contribution in [2.75, 3.05) is 39.3 Å². The van der Waals surface area contributed by atoms with Gasteiger partial charge in [0.25, 0.3) is 5.91 Å². The van der Waals surface area contributed by atoms with E-state index in [0.29, 0.717) is 31.7 Å². The van der Waals surface area contributed by atoms with Gasteiger partial charge in [-0.3, -0.25) is 9.59 Å². The number of piperidine rings is 1. The van der Waals surface area contributed by atoms with Crippen molar-refractivity contribution in [1.82, 2.24) is 15.1 Å². The first-order chi connectivity index (χ1) is 12.6. The number of nitrogens with one attached hydrogen (secondary N) is 1. The highest BCUT2D eigenvalue weighted by atomic mass is 35.5. The van der Waals surface area contributed by atoms with E-state index < -0.39 is 5.82 Å². The van der Waals surface area contributed by atoms with Gasteiger partial charge >= 0.3 is 0 Å². The fourth-order valence-corrected chi connectivity index (χ4v) is 4.54. The van der Waals surface area contributed by atoms with Gasteiger partial charge in [-0.15, -0.1) is 12.4 Å². The summed E-state index contributed by atoms with van der Waals surface area (Å²) in [6.07, 6.45) is 3.99. The highest BCUT2D eigenvalue weighted by Crippen LogP contribution is 2.59. The molecule has 1 unspecified atom stereocenters. The van der Waals surface area contributed by atoms with Crippen LogP contribution in [0.3, 0.4) is 0 Å². The molecule has 1 N–H and O–H groups in total. The minimum Gasteiger partial charge on any atom is -0.341 e. The third-order valence-electron chi connectivity index (χ3n) is 6.25. The molecule has 1 aromatic carbocycles. The van der Waals surface area contributed by atoms with Gasteiger partial charge in [-0.05, 0) is 62.4 Å². The van der Waals surface area contributed by atoms with Gasteiger partial charge in [0, 0.05) is 37.7 Å². The molecule has 7 heteroatoms. The molecule has 27 heavy (non-hydrogen) atoms. The van der Waals surface area contributed by atoms with Crippen molar-refractivity contribution in [3.8, 4) is 0 Å². The topological polar surface area (TPSA) is 52.7 Å². The van der Waals surface area contributed by atoms with E-state index in [9.17, 15) is 14.0 Å². The maximum Gasteiger partial charge on any atom is 0.254 e. The predicted octanol–water partition coefficient (Wildman–Crippen LogP) is 2.31. The molecule has 1 aromatic rings. The quantitative estimate of drug-likeness (QED) is 0.836. The van der Waals surface area contributed by atoms with Crippen molar-refractivity contribution in [2.24, 2.45) is 11.3 Å². The Morgan fingerprint density at radius 2 is 1.78 bits per heavy atom. The maximum absolute atomic E-state index is 13.4. The molecule has 3 fully saturated rings. The first kappa shape index (κ1) is 20.1. The molecule has 0 bridgehead atoms. The molecular formula is C20H27ClFN3O2. The monoisotopic (exact) mass is 395 g/mol. The van der Waals surface area contributed by atoms with Crippen molar-refractivity contribution >= 4 is 24.2 Å². The third-order valence-corrected chi connectivity index (χ3v) is 6.25. The van der Waals surface area contributed by atoms with Gasteiger partial charge in [0.1, 0.15) is 5.82 Å². The van der Waals surface area contributed by atoms with E-state index in [1.807, 2.05) is 4.90 Å². The van der Waals surface area contributed by atoms with Gasteiger partial charge in [-0.2, -0.15) is 0 Å². The first-order valence-corrected chi connectivity index (χ1v) is 9.63. The molecule has 2 saturated heterocycles. The molecule has 2 amide bonds. The average Bonchev–Trinajstić information content (AvgIpc) is 3.40. The molecule has 1 spiro atoms. The van der Waals surface area contributed by atoms with Crippen molar-refractivity contribution in [1.29, 1.82) is 0 Å². The van der Waals surface area contributed by atoms with E-state index in [1.165, 1.54) is 12.1 Å². The number of carbonyl (C=O) groups is 2. The summed E-state index contributed by atoms with van der Waals surface area (Å²) < 4.78 is 13.4. The highest BCUT2D eigenvalue weighted by Gasteiger charge is 2.58. The Labute approximate surface area is 165 Å². The highest BCUT2D eigenvalue weighted by molar-refractivity contribution is 5.94. The molecular weight excluding hydrogens is 369 g/mol. The third kappa shape index (κ3) is 4.11. The van der Waals surface area contributed by atoms with Crippen LogP contribution in [-0.2, 0) is 4.79 Å². The zero-order valence-corrected chi connectivity index (χ0v) is 16.3. The van der Waals surface area contributed by atoms with Crippen LogP contribution in [0.15, 0.2) is 24.3 Å². The van der Waals surface area contributed by atoms with Gasteiger partial charge in [-0.25, -0.2) is 4.39 Å². The fourth-order valence-electron chi connectivity index (χ4n) is 4.54. The van der Waals surface area contributed by atoms with E-state index in [4.69, 9.17) is 0 Å². The molecule has 3 aliphatic rings. The summed E-state index contributed by atoms with van der Waals surface area (Å²) in [5, 5.41) is 3.37. The summed E-state index contributed by atoms with van der Waals surface area (Å²) in [6.45, 7) is 4.43. The largest absolute Gasteiger partial charge is 0.341 e. The van der Waals surface area contributed by atoms with E-state index in [2.05, 4.69) is 5.32 Å². The van der Waals surface area contributed by atoms with Gasteiger partial charge in [0.15, 0.2) is 0 Å². The fraction of sp³-hybridized carbons (Fsp3) is 0.600. The normalized spacial score (nSPS) is 24.1. The zero-order chi connectivity index (χ0) is 18.1. The number of hydrogen-bond donors (Lipinski definition) is 1. The van der Waals surface area contributed by atoms with Crippen molar-refractivity contribution in [3.63, 3.8) is 0 Å². The molecule has 0 radical (unpaired) electrons. The van der Waals surface area contributed by atoms with Crippen molar-refractivity contribution in [3.05, 3.63) is 35.6 Å². The van der Waals surface area contributed by atoms with Crippen LogP contribution in [0.4, 0.5) is 4.39 Å². The van der Waals surface area contributed by atoms with Gasteiger partial charge in [0.05, 0.1) is 0 Å². The van der Waals surface area contributed by atoms with Crippen LogP contribution in [0.1, 0.15) is 36.0 Å². The average molecular weight is 396 g/mol. The van der Waals surface area contributed by atoms with Crippen LogP contribution < -0.4 is 5.32 Å². The lowest BCUT2D eigenvalue weighted by Crippen LogP contribution is -2.39. The summed E-state index contributed by atoms with van der Waals surface area (Å²) >= 11 is 0. The lowest BCUT2D eigenvalue weighted by Gasteiger charge is -2.26. The Balaban J connectivity index is 0.00000210. The second-order valence-electron chi connectivity index (χ2n) is 7.85. The molecule has 2 aliphatic heterocycles. The minimum absolute atomic E-state index is 0. The molecule has 4 rings (SSSR count). The van der Waals surface area contributed by atoms with Crippen LogP contribution in [-0.4, -0.2) is 60.9 Å². The minimum atomic E-state index is -0.400. The molecule has 1 atom stereocenters. The standard InChI is InChI=1S/C20H26FN3O2.ClH/c21-16-4-1-3-15(13-16)18(25)23-9-2-10-24(12-11-23)19(26)17-14-20(17)5-7-22-8-6-20;/h1,3-4,13,17,22H,2,5-12,14H2;1H. The summed E-state index contributed by atoms with van der Waals surface area (Å²) in [5.74, 6) is -0.106. The first-order valence-electron chi connectivity index (χ1n) is 9.63. The van der Waals surface area contributed by atoms with E-state index in [1.54, 1.807) is 17.0 Å². The maximum atomic E-state index is 13.4. The number of nitrogens with zero attached hydrogens (tertiary/aromatic N) is 2. The van der Waals surface area contributed by atoms with Crippen molar-refractivity contribution in [2.45, 2.75) is 25.7 Å². The van der Waals surface area contributed by atoms with Crippen LogP contribution >= 0.6 is 12.4 Å². The van der Waals surface area contributed by atoms with Crippen LogP contribution in [0, 0.1) is 17.2 Å². The summed E-state index contributed by atoms with van der Waals surface area (Å²) in [6, 6.07) is 5.82. The molecule has 1 saturated carbocycles. The zero-order valence-electron chi connectivity index (χ0n) is 15.5. The summed E-state index contributed by atoms with van der Waals surface area (Å²) in [4.78, 5) is 29.2. The van der Waals surface area contributed by atoms with Crippen LogP contribution in [0.25, 0.3) is 0 Å². The number of benzene rings is 1. The molecule has 5 nitrogen and oxygen atoms in total. The van der Waals surface area contributed by atoms with Gasteiger partial charge < -0.3 is 15.1 Å². The number of halogens is 2. The van der Waals surface area contributed by atoms with E-state index in [-0.39, 0.29) is 35.6 Å². The van der Waals surface area contributed by atoms with Crippen LogP contribution in [0.2, 0.25) is 0 Å². The number of carbonyl (C=O) groups excluding carboxylic acids is 2. The van der Waals surface area contributed by atoms with Crippen molar-refractivity contribution < 1.29 is 14.0 Å². The second kappa shape index (κ2) is 8.15. The Hall–Kier alpha value is -1.66. The van der Waals surface area contributed by atoms with Gasteiger partial charge in [0.2, 0.25) is 5.91 Å².